The fourth-order valence-corrected chi connectivity index (χ4v) is 2.08. The van der Waals surface area contributed by atoms with Gasteiger partial charge in [0.2, 0.25) is 0 Å². The zero-order valence-corrected chi connectivity index (χ0v) is 8.68. The summed E-state index contributed by atoms with van der Waals surface area (Å²) in [6.45, 7) is 0. The van der Waals surface area contributed by atoms with Gasteiger partial charge in [-0.25, -0.2) is 13.2 Å². The molecule has 3 aromatic carbocycles. The van der Waals surface area contributed by atoms with Gasteiger partial charge in [-0.2, -0.15) is 0 Å². The molecular formula is C14H7F3. The lowest BCUT2D eigenvalue weighted by Gasteiger charge is -2.06. The van der Waals surface area contributed by atoms with Crippen LogP contribution in [0.2, 0.25) is 0 Å². The number of hydrogen-bond acceptors (Lipinski definition) is 0. The predicted octanol–water partition coefficient (Wildman–Crippen LogP) is 4.41. The average Bonchev–Trinajstić information content (AvgIpc) is 2.34. The highest BCUT2D eigenvalue weighted by atomic mass is 19.2. The monoisotopic (exact) mass is 232 g/mol. The minimum absolute atomic E-state index is 0.127. The Morgan fingerprint density at radius 1 is 0.706 bits per heavy atom. The first-order chi connectivity index (χ1) is 8.18. The molecule has 0 aromatic heterocycles. The van der Waals surface area contributed by atoms with E-state index in [1.807, 2.05) is 0 Å². The molecule has 0 aliphatic rings. The lowest BCUT2D eigenvalue weighted by atomic mass is 10.0. The molecule has 0 spiro atoms. The van der Waals surface area contributed by atoms with E-state index in [0.717, 1.165) is 6.07 Å². The molecule has 0 heterocycles. The van der Waals surface area contributed by atoms with Gasteiger partial charge in [0, 0.05) is 10.8 Å². The minimum Gasteiger partial charge on any atom is -0.206 e. The largest absolute Gasteiger partial charge is 0.206 e. The Labute approximate surface area is 95.3 Å². The van der Waals surface area contributed by atoms with E-state index in [2.05, 4.69) is 0 Å². The van der Waals surface area contributed by atoms with Crippen LogP contribution in [0.15, 0.2) is 42.5 Å². The zero-order chi connectivity index (χ0) is 12.0. The molecule has 0 bridgehead atoms. The van der Waals surface area contributed by atoms with Gasteiger partial charge in [0.15, 0.2) is 11.6 Å². The van der Waals surface area contributed by atoms with E-state index >= 15 is 0 Å². The third-order valence-electron chi connectivity index (χ3n) is 2.86. The normalized spacial score (nSPS) is 11.2. The molecule has 3 rings (SSSR count). The average molecular weight is 232 g/mol. The van der Waals surface area contributed by atoms with E-state index in [-0.39, 0.29) is 5.39 Å². The summed E-state index contributed by atoms with van der Waals surface area (Å²) in [5, 5.41) is 1.17. The highest BCUT2D eigenvalue weighted by Gasteiger charge is 2.12. The SMILES string of the molecule is Fc1ccc2cc(F)c3ccccc3c2c1F. The van der Waals surface area contributed by atoms with Crippen LogP contribution in [0.25, 0.3) is 21.5 Å². The van der Waals surface area contributed by atoms with Crippen LogP contribution < -0.4 is 0 Å². The number of hydrogen-bond donors (Lipinski definition) is 0. The van der Waals surface area contributed by atoms with Gasteiger partial charge >= 0.3 is 0 Å². The smallest absolute Gasteiger partial charge is 0.167 e. The quantitative estimate of drug-likeness (QED) is 0.503. The van der Waals surface area contributed by atoms with Gasteiger partial charge in [0.1, 0.15) is 5.82 Å². The molecule has 0 saturated carbocycles. The van der Waals surface area contributed by atoms with Crippen LogP contribution in [0.5, 0.6) is 0 Å². The highest BCUT2D eigenvalue weighted by Crippen LogP contribution is 2.30. The zero-order valence-electron chi connectivity index (χ0n) is 8.68. The Hall–Kier alpha value is -2.03. The van der Waals surface area contributed by atoms with Gasteiger partial charge in [-0.3, -0.25) is 0 Å². The van der Waals surface area contributed by atoms with Crippen molar-refractivity contribution in [3.63, 3.8) is 0 Å². The van der Waals surface area contributed by atoms with Gasteiger partial charge in [0.05, 0.1) is 0 Å². The first-order valence-electron chi connectivity index (χ1n) is 5.13. The predicted molar refractivity (Wildman–Crippen MR) is 61.3 cm³/mol. The Kier molecular flexibility index (Phi) is 2.08. The highest BCUT2D eigenvalue weighted by molar-refractivity contribution is 6.08. The fourth-order valence-electron chi connectivity index (χ4n) is 2.08. The molecule has 84 valence electrons. The van der Waals surface area contributed by atoms with E-state index in [1.165, 1.54) is 12.1 Å². The molecule has 0 fully saturated rings. The summed E-state index contributed by atoms with van der Waals surface area (Å²) in [7, 11) is 0. The molecule has 0 nitrogen and oxygen atoms in total. The van der Waals surface area contributed by atoms with E-state index in [1.54, 1.807) is 24.3 Å². The van der Waals surface area contributed by atoms with Crippen molar-refractivity contribution in [2.75, 3.05) is 0 Å². The molecule has 17 heavy (non-hydrogen) atoms. The third kappa shape index (κ3) is 1.39. The van der Waals surface area contributed by atoms with Gasteiger partial charge in [-0.05, 0) is 22.9 Å². The van der Waals surface area contributed by atoms with Crippen molar-refractivity contribution in [2.24, 2.45) is 0 Å². The van der Waals surface area contributed by atoms with Crippen molar-refractivity contribution in [1.29, 1.82) is 0 Å². The first-order valence-corrected chi connectivity index (χ1v) is 5.13. The number of rotatable bonds is 0. The van der Waals surface area contributed by atoms with Gasteiger partial charge in [-0.1, -0.05) is 30.3 Å². The summed E-state index contributed by atoms with van der Waals surface area (Å²) in [6.07, 6.45) is 0. The van der Waals surface area contributed by atoms with Crippen LogP contribution in [-0.2, 0) is 0 Å². The minimum atomic E-state index is -0.932. The topological polar surface area (TPSA) is 0 Å². The summed E-state index contributed by atoms with van der Waals surface area (Å²) >= 11 is 0. The van der Waals surface area contributed by atoms with E-state index in [9.17, 15) is 13.2 Å². The number of benzene rings is 3. The van der Waals surface area contributed by atoms with Crippen molar-refractivity contribution in [3.05, 3.63) is 59.9 Å². The van der Waals surface area contributed by atoms with Gasteiger partial charge in [0.25, 0.3) is 0 Å². The Morgan fingerprint density at radius 2 is 1.41 bits per heavy atom. The van der Waals surface area contributed by atoms with Crippen LogP contribution in [0.4, 0.5) is 13.2 Å². The number of fused-ring (bicyclic) bond motifs is 3. The molecule has 3 heteroatoms. The Morgan fingerprint density at radius 3 is 2.18 bits per heavy atom. The molecular weight excluding hydrogens is 225 g/mol. The Bertz CT molecular complexity index is 732. The molecule has 0 aliphatic heterocycles. The maximum Gasteiger partial charge on any atom is 0.167 e. The molecule has 0 saturated heterocycles. The van der Waals surface area contributed by atoms with Gasteiger partial charge in [-0.15, -0.1) is 0 Å². The number of halogens is 3. The molecule has 0 unspecified atom stereocenters. The van der Waals surface area contributed by atoms with Crippen LogP contribution >= 0.6 is 0 Å². The summed E-state index contributed by atoms with van der Waals surface area (Å²) < 4.78 is 40.7. The second kappa shape index (κ2) is 3.48. The molecule has 0 radical (unpaired) electrons. The maximum absolute atomic E-state index is 13.8. The van der Waals surface area contributed by atoms with Crippen LogP contribution in [0, 0.1) is 17.5 Å². The van der Waals surface area contributed by atoms with Crippen molar-refractivity contribution in [2.45, 2.75) is 0 Å². The van der Waals surface area contributed by atoms with Crippen molar-refractivity contribution >= 4 is 21.5 Å². The maximum atomic E-state index is 13.8. The molecule has 0 N–H and O–H groups in total. The second-order valence-corrected chi connectivity index (χ2v) is 3.86. The standard InChI is InChI=1S/C14H7F3/c15-11-6-5-8-7-12(16)9-3-1-2-4-10(9)13(8)14(11)17/h1-7H. The second-order valence-electron chi connectivity index (χ2n) is 3.86. The van der Waals surface area contributed by atoms with E-state index in [0.29, 0.717) is 16.2 Å². The summed E-state index contributed by atoms with van der Waals surface area (Å²) in [4.78, 5) is 0. The third-order valence-corrected chi connectivity index (χ3v) is 2.86. The van der Waals surface area contributed by atoms with Gasteiger partial charge < -0.3 is 0 Å². The van der Waals surface area contributed by atoms with E-state index in [4.69, 9.17) is 0 Å². The van der Waals surface area contributed by atoms with Crippen molar-refractivity contribution in [3.8, 4) is 0 Å². The van der Waals surface area contributed by atoms with Crippen molar-refractivity contribution in [1.82, 2.24) is 0 Å². The summed E-state index contributed by atoms with van der Waals surface area (Å²) in [5.41, 5.74) is 0. The fraction of sp³-hybridized carbons (Fsp3) is 0. The van der Waals surface area contributed by atoms with Crippen LogP contribution in [-0.4, -0.2) is 0 Å². The lowest BCUT2D eigenvalue weighted by molar-refractivity contribution is 0.517. The molecule has 0 atom stereocenters. The van der Waals surface area contributed by atoms with E-state index < -0.39 is 17.5 Å². The lowest BCUT2D eigenvalue weighted by Crippen LogP contribution is -1.90. The van der Waals surface area contributed by atoms with Crippen LogP contribution in [0.3, 0.4) is 0 Å². The first kappa shape index (κ1) is 10.1. The summed E-state index contributed by atoms with van der Waals surface area (Å²) in [5.74, 6) is -2.29. The molecule has 0 amide bonds. The molecule has 0 aliphatic carbocycles. The van der Waals surface area contributed by atoms with Crippen LogP contribution in [0.1, 0.15) is 0 Å². The Balaban J connectivity index is 2.66. The summed E-state index contributed by atoms with van der Waals surface area (Å²) in [6, 6.07) is 10.1. The molecule has 3 aromatic rings. The van der Waals surface area contributed by atoms with Crippen molar-refractivity contribution < 1.29 is 13.2 Å².